The monoisotopic (exact) mass is 356 g/mol. The van der Waals surface area contributed by atoms with E-state index in [-0.39, 0.29) is 24.1 Å². The number of carbonyl (C=O) groups excluding carboxylic acids is 2. The quantitative estimate of drug-likeness (QED) is 0.774. The van der Waals surface area contributed by atoms with Crippen molar-refractivity contribution >= 4 is 12.0 Å². The van der Waals surface area contributed by atoms with E-state index in [1.807, 2.05) is 30.6 Å². The van der Waals surface area contributed by atoms with Gasteiger partial charge in [0.25, 0.3) is 0 Å². The van der Waals surface area contributed by atoms with Crippen LogP contribution in [0, 0.1) is 0 Å². The van der Waals surface area contributed by atoms with E-state index >= 15 is 0 Å². The second kappa shape index (κ2) is 6.29. The highest BCUT2D eigenvalue weighted by Gasteiger charge is 2.46. The minimum absolute atomic E-state index is 0.0656. The molecule has 0 N–H and O–H groups in total. The number of fused-ring (bicyclic) bond motifs is 2. The summed E-state index contributed by atoms with van der Waals surface area (Å²) in [5, 5.41) is 0. The molecule has 0 aromatic heterocycles. The average Bonchev–Trinajstić information content (AvgIpc) is 3.19. The smallest absolute Gasteiger partial charge is 0.410 e. The largest absolute Gasteiger partial charge is 0.444 e. The molecule has 0 spiro atoms. The molecule has 5 nitrogen and oxygen atoms in total. The SMILES string of the molecule is CC(C)(C)OC(=O)N1CCN2C(=O)CC[C@H]2[C@@H]1c1cccc2c1CCC2. The number of amides is 2. The van der Waals surface area contributed by atoms with E-state index in [1.165, 1.54) is 23.1 Å². The lowest BCUT2D eigenvalue weighted by Gasteiger charge is -2.45. The van der Waals surface area contributed by atoms with E-state index in [9.17, 15) is 9.59 Å². The van der Waals surface area contributed by atoms with Crippen LogP contribution < -0.4 is 0 Å². The van der Waals surface area contributed by atoms with E-state index in [4.69, 9.17) is 4.74 Å². The molecule has 1 aliphatic carbocycles. The van der Waals surface area contributed by atoms with Gasteiger partial charge in [-0.2, -0.15) is 0 Å². The third kappa shape index (κ3) is 2.97. The molecule has 5 heteroatoms. The first-order valence-electron chi connectivity index (χ1n) is 9.75. The predicted octanol–water partition coefficient (Wildman–Crippen LogP) is 3.46. The van der Waals surface area contributed by atoms with Crippen molar-refractivity contribution in [2.45, 2.75) is 70.6 Å². The predicted molar refractivity (Wildman–Crippen MR) is 98.9 cm³/mol. The van der Waals surface area contributed by atoms with E-state index < -0.39 is 5.60 Å². The van der Waals surface area contributed by atoms with E-state index in [0.717, 1.165) is 19.3 Å². The summed E-state index contributed by atoms with van der Waals surface area (Å²) < 4.78 is 5.71. The lowest BCUT2D eigenvalue weighted by atomic mass is 9.89. The van der Waals surface area contributed by atoms with E-state index in [0.29, 0.717) is 19.5 Å². The van der Waals surface area contributed by atoms with Gasteiger partial charge in [-0.05, 0) is 63.1 Å². The summed E-state index contributed by atoms with van der Waals surface area (Å²) in [4.78, 5) is 29.1. The molecule has 3 aliphatic rings. The second-order valence-electron chi connectivity index (χ2n) is 8.65. The van der Waals surface area contributed by atoms with Crippen molar-refractivity contribution in [1.82, 2.24) is 9.80 Å². The fraction of sp³-hybridized carbons (Fsp3) is 0.619. The third-order valence-electron chi connectivity index (χ3n) is 5.79. The highest BCUT2D eigenvalue weighted by Crippen LogP contribution is 2.41. The maximum atomic E-state index is 13.0. The van der Waals surface area contributed by atoms with Gasteiger partial charge in [0.2, 0.25) is 5.91 Å². The maximum Gasteiger partial charge on any atom is 0.410 e. The zero-order valence-electron chi connectivity index (χ0n) is 16.0. The molecule has 2 fully saturated rings. The Hall–Kier alpha value is -2.04. The van der Waals surface area contributed by atoms with Crippen molar-refractivity contribution in [3.63, 3.8) is 0 Å². The Kier molecular flexibility index (Phi) is 4.20. The summed E-state index contributed by atoms with van der Waals surface area (Å²) >= 11 is 0. The molecule has 0 radical (unpaired) electrons. The van der Waals surface area contributed by atoms with Gasteiger partial charge >= 0.3 is 6.09 Å². The lowest BCUT2D eigenvalue weighted by Crippen LogP contribution is -2.56. The van der Waals surface area contributed by atoms with Crippen LogP contribution >= 0.6 is 0 Å². The molecule has 140 valence electrons. The van der Waals surface area contributed by atoms with Gasteiger partial charge in [-0.25, -0.2) is 4.79 Å². The Morgan fingerprint density at radius 1 is 1.15 bits per heavy atom. The maximum absolute atomic E-state index is 13.0. The number of aryl methyl sites for hydroxylation is 1. The van der Waals surface area contributed by atoms with Gasteiger partial charge in [0.1, 0.15) is 5.60 Å². The standard InChI is InChI=1S/C21H28N2O3/c1-21(2,3)26-20(25)23-13-12-22-17(10-11-18(22)24)19(23)16-9-5-7-14-6-4-8-15(14)16/h5,7,9,17,19H,4,6,8,10-13H2,1-3H3/t17-,19-/m0/s1. The first kappa shape index (κ1) is 17.4. The Balaban J connectivity index is 1.73. The molecule has 1 aromatic rings. The van der Waals surface area contributed by atoms with Crippen molar-refractivity contribution in [2.75, 3.05) is 13.1 Å². The van der Waals surface area contributed by atoms with Crippen molar-refractivity contribution in [1.29, 1.82) is 0 Å². The summed E-state index contributed by atoms with van der Waals surface area (Å²) in [5.74, 6) is 0.219. The Morgan fingerprint density at radius 2 is 1.96 bits per heavy atom. The molecule has 26 heavy (non-hydrogen) atoms. The zero-order valence-corrected chi connectivity index (χ0v) is 16.0. The zero-order chi connectivity index (χ0) is 18.5. The molecular weight excluding hydrogens is 328 g/mol. The van der Waals surface area contributed by atoms with Gasteiger partial charge in [-0.1, -0.05) is 18.2 Å². The van der Waals surface area contributed by atoms with Crippen LogP contribution in [0.1, 0.15) is 62.8 Å². The molecule has 2 aliphatic heterocycles. The van der Waals surface area contributed by atoms with Gasteiger partial charge in [-0.3, -0.25) is 9.69 Å². The van der Waals surface area contributed by atoms with Crippen LogP contribution in [-0.2, 0) is 22.4 Å². The fourth-order valence-electron chi connectivity index (χ4n) is 4.76. The molecule has 2 heterocycles. The molecule has 2 atom stereocenters. The minimum atomic E-state index is -0.525. The van der Waals surface area contributed by atoms with Crippen molar-refractivity contribution in [2.24, 2.45) is 0 Å². The van der Waals surface area contributed by atoms with Crippen LogP contribution in [0.4, 0.5) is 4.79 Å². The summed E-state index contributed by atoms with van der Waals surface area (Å²) in [5.41, 5.74) is 3.47. The third-order valence-corrected chi connectivity index (χ3v) is 5.79. The Morgan fingerprint density at radius 3 is 2.73 bits per heavy atom. The first-order valence-corrected chi connectivity index (χ1v) is 9.75. The fourth-order valence-corrected chi connectivity index (χ4v) is 4.76. The van der Waals surface area contributed by atoms with Crippen molar-refractivity contribution < 1.29 is 14.3 Å². The highest BCUT2D eigenvalue weighted by molar-refractivity contribution is 5.80. The first-order chi connectivity index (χ1) is 12.3. The molecule has 0 saturated carbocycles. The number of ether oxygens (including phenoxy) is 1. The number of carbonyl (C=O) groups is 2. The molecular formula is C21H28N2O3. The topological polar surface area (TPSA) is 49.9 Å². The number of nitrogens with zero attached hydrogens (tertiary/aromatic N) is 2. The molecule has 2 amide bonds. The minimum Gasteiger partial charge on any atom is -0.444 e. The number of benzene rings is 1. The average molecular weight is 356 g/mol. The van der Waals surface area contributed by atoms with Crippen LogP contribution in [0.2, 0.25) is 0 Å². The number of hydrogen-bond acceptors (Lipinski definition) is 3. The lowest BCUT2D eigenvalue weighted by molar-refractivity contribution is -0.132. The molecule has 0 unspecified atom stereocenters. The summed E-state index contributed by atoms with van der Waals surface area (Å²) in [6.45, 7) is 6.83. The molecule has 4 rings (SSSR count). The van der Waals surface area contributed by atoms with Gasteiger partial charge in [0.15, 0.2) is 0 Å². The Bertz CT molecular complexity index is 737. The number of hydrogen-bond donors (Lipinski definition) is 0. The van der Waals surface area contributed by atoms with E-state index in [1.54, 1.807) is 0 Å². The van der Waals surface area contributed by atoms with Crippen LogP contribution in [0.5, 0.6) is 0 Å². The number of rotatable bonds is 1. The van der Waals surface area contributed by atoms with E-state index in [2.05, 4.69) is 18.2 Å². The van der Waals surface area contributed by atoms with Gasteiger partial charge in [0.05, 0.1) is 12.1 Å². The Labute approximate surface area is 155 Å². The molecule has 0 bridgehead atoms. The van der Waals surface area contributed by atoms with Gasteiger partial charge in [-0.15, -0.1) is 0 Å². The van der Waals surface area contributed by atoms with Crippen LogP contribution in [0.15, 0.2) is 18.2 Å². The summed E-state index contributed by atoms with van der Waals surface area (Å²) in [6.07, 6.45) is 4.46. The van der Waals surface area contributed by atoms with Crippen LogP contribution in [0.3, 0.4) is 0 Å². The second-order valence-corrected chi connectivity index (χ2v) is 8.65. The van der Waals surface area contributed by atoms with Gasteiger partial charge in [0, 0.05) is 19.5 Å². The summed E-state index contributed by atoms with van der Waals surface area (Å²) in [7, 11) is 0. The van der Waals surface area contributed by atoms with Gasteiger partial charge < -0.3 is 9.64 Å². The molecule has 1 aromatic carbocycles. The highest BCUT2D eigenvalue weighted by atomic mass is 16.6. The van der Waals surface area contributed by atoms with Crippen LogP contribution in [-0.4, -0.2) is 46.5 Å². The molecule has 2 saturated heterocycles. The normalized spacial score (nSPS) is 25.3. The summed E-state index contributed by atoms with van der Waals surface area (Å²) in [6, 6.07) is 6.42. The van der Waals surface area contributed by atoms with Crippen molar-refractivity contribution in [3.05, 3.63) is 34.9 Å². The van der Waals surface area contributed by atoms with Crippen molar-refractivity contribution in [3.8, 4) is 0 Å². The van der Waals surface area contributed by atoms with Crippen LogP contribution in [0.25, 0.3) is 0 Å². The number of piperazine rings is 1.